The third-order valence-electron chi connectivity index (χ3n) is 4.62. The Morgan fingerprint density at radius 2 is 2.00 bits per heavy atom. The molecule has 2 atom stereocenters. The van der Waals surface area contributed by atoms with Crippen molar-refractivity contribution >= 4 is 31.9 Å². The molecule has 1 N–H and O–H groups in total. The first-order valence-corrected chi connectivity index (χ1v) is 8.58. The summed E-state index contributed by atoms with van der Waals surface area (Å²) in [5.41, 5.74) is 0. The van der Waals surface area contributed by atoms with Gasteiger partial charge in [-0.1, -0.05) is 0 Å². The number of hydrogen-bond donors (Lipinski definition) is 1. The lowest BCUT2D eigenvalue weighted by Gasteiger charge is -2.36. The van der Waals surface area contributed by atoms with Crippen molar-refractivity contribution in [1.29, 1.82) is 0 Å². The molecule has 3 rings (SSSR count). The van der Waals surface area contributed by atoms with Gasteiger partial charge < -0.3 is 14.6 Å². The molecule has 2 fully saturated rings. The summed E-state index contributed by atoms with van der Waals surface area (Å²) in [6, 6.07) is 3.69. The molecule has 2 aliphatic heterocycles. The largest absolute Gasteiger partial charge is 0.452 e. The predicted molar refractivity (Wildman–Crippen MR) is 83.1 cm³/mol. The van der Waals surface area contributed by atoms with E-state index in [1.54, 1.807) is 0 Å². The Morgan fingerprint density at radius 1 is 1.32 bits per heavy atom. The number of nitrogens with one attached hydrogen (secondary N) is 1. The highest BCUT2D eigenvalue weighted by Gasteiger charge is 2.37. The monoisotopic (exact) mass is 390 g/mol. The predicted octanol–water partition coefficient (Wildman–Crippen LogP) is 3.77. The number of rotatable bonds is 4. The summed E-state index contributed by atoms with van der Waals surface area (Å²) < 4.78 is 7.34. The first-order valence-electron chi connectivity index (χ1n) is 7.00. The van der Waals surface area contributed by atoms with Gasteiger partial charge in [-0.15, -0.1) is 0 Å². The Bertz CT molecular complexity index is 415. The Hall–Kier alpha value is 0.160. The van der Waals surface area contributed by atoms with Crippen molar-refractivity contribution in [2.45, 2.75) is 44.3 Å². The van der Waals surface area contributed by atoms with Gasteiger partial charge >= 0.3 is 0 Å². The molecular formula is C14H20Br2N2O. The average molecular weight is 392 g/mol. The molecule has 3 heterocycles. The van der Waals surface area contributed by atoms with Crippen LogP contribution in [0.3, 0.4) is 0 Å². The van der Waals surface area contributed by atoms with E-state index >= 15 is 0 Å². The highest BCUT2D eigenvalue weighted by Crippen LogP contribution is 2.37. The lowest BCUT2D eigenvalue weighted by molar-refractivity contribution is 0.132. The lowest BCUT2D eigenvalue weighted by Crippen LogP contribution is -2.42. The Labute approximate surface area is 131 Å². The summed E-state index contributed by atoms with van der Waals surface area (Å²) in [5, 5.41) is 3.54. The average Bonchev–Trinajstić information content (AvgIpc) is 2.78. The molecule has 2 bridgehead atoms. The van der Waals surface area contributed by atoms with Gasteiger partial charge in [-0.3, -0.25) is 0 Å². The van der Waals surface area contributed by atoms with Crippen LogP contribution in [0.4, 0.5) is 0 Å². The second-order valence-corrected chi connectivity index (χ2v) is 7.43. The van der Waals surface area contributed by atoms with E-state index in [2.05, 4.69) is 49.1 Å². The Balaban J connectivity index is 1.46. The minimum atomic E-state index is 0.779. The Kier molecular flexibility index (Phi) is 4.37. The summed E-state index contributed by atoms with van der Waals surface area (Å²) in [5.74, 6) is 1.81. The van der Waals surface area contributed by atoms with E-state index in [0.29, 0.717) is 0 Å². The van der Waals surface area contributed by atoms with Crippen molar-refractivity contribution < 1.29 is 4.42 Å². The standard InChI is InChI=1S/C14H20Br2N2O/c1-18-10-2-3-11(18)5-9(4-10)7-17-8-12-6-13(15)14(16)19-12/h6,9-11,17H,2-5,7-8H2,1H3. The fourth-order valence-corrected chi connectivity index (χ4v) is 4.23. The molecule has 0 aromatic carbocycles. The van der Waals surface area contributed by atoms with Crippen LogP contribution in [0.1, 0.15) is 31.4 Å². The van der Waals surface area contributed by atoms with Crippen molar-refractivity contribution in [3.05, 3.63) is 21.0 Å². The molecule has 2 unspecified atom stereocenters. The number of nitrogens with zero attached hydrogens (tertiary/aromatic N) is 1. The summed E-state index contributed by atoms with van der Waals surface area (Å²) in [6.07, 6.45) is 5.50. The molecule has 5 heteroatoms. The maximum absolute atomic E-state index is 5.57. The molecule has 106 valence electrons. The van der Waals surface area contributed by atoms with Crippen molar-refractivity contribution in [2.75, 3.05) is 13.6 Å². The first kappa shape index (κ1) is 14.1. The van der Waals surface area contributed by atoms with E-state index in [4.69, 9.17) is 4.42 Å². The lowest BCUT2D eigenvalue weighted by atomic mass is 9.91. The fraction of sp³-hybridized carbons (Fsp3) is 0.714. The molecule has 0 saturated carbocycles. The van der Waals surface area contributed by atoms with Crippen LogP contribution in [0.5, 0.6) is 0 Å². The molecule has 19 heavy (non-hydrogen) atoms. The van der Waals surface area contributed by atoms with E-state index in [1.807, 2.05) is 6.07 Å². The summed E-state index contributed by atoms with van der Waals surface area (Å²) in [7, 11) is 2.30. The van der Waals surface area contributed by atoms with E-state index < -0.39 is 0 Å². The molecule has 2 saturated heterocycles. The van der Waals surface area contributed by atoms with Gasteiger partial charge in [0.05, 0.1) is 11.0 Å². The van der Waals surface area contributed by atoms with Crippen LogP contribution >= 0.6 is 31.9 Å². The van der Waals surface area contributed by atoms with Crippen molar-refractivity contribution in [1.82, 2.24) is 10.2 Å². The second kappa shape index (κ2) is 5.88. The van der Waals surface area contributed by atoms with Crippen LogP contribution in [-0.2, 0) is 6.54 Å². The minimum Gasteiger partial charge on any atom is -0.452 e. The number of piperidine rings is 1. The van der Waals surface area contributed by atoms with Crippen LogP contribution in [0, 0.1) is 5.92 Å². The van der Waals surface area contributed by atoms with Crippen molar-refractivity contribution in [3.63, 3.8) is 0 Å². The third-order valence-corrected chi connectivity index (χ3v) is 6.33. The number of halogens is 2. The van der Waals surface area contributed by atoms with Gasteiger partial charge in [0.25, 0.3) is 0 Å². The molecule has 0 radical (unpaired) electrons. The smallest absolute Gasteiger partial charge is 0.183 e. The summed E-state index contributed by atoms with van der Waals surface area (Å²) in [6.45, 7) is 1.92. The first-order chi connectivity index (χ1) is 9.13. The van der Waals surface area contributed by atoms with Gasteiger partial charge in [0.15, 0.2) is 4.67 Å². The zero-order valence-electron chi connectivity index (χ0n) is 11.2. The number of furan rings is 1. The van der Waals surface area contributed by atoms with Crippen LogP contribution in [0.15, 0.2) is 19.6 Å². The van der Waals surface area contributed by atoms with Crippen LogP contribution in [-0.4, -0.2) is 30.6 Å². The van der Waals surface area contributed by atoms with Crippen molar-refractivity contribution in [2.24, 2.45) is 5.92 Å². The molecule has 3 nitrogen and oxygen atoms in total. The maximum Gasteiger partial charge on any atom is 0.183 e. The second-order valence-electron chi connectivity index (χ2n) is 5.85. The van der Waals surface area contributed by atoms with Crippen LogP contribution < -0.4 is 5.32 Å². The summed E-state index contributed by atoms with van der Waals surface area (Å²) in [4.78, 5) is 2.59. The summed E-state index contributed by atoms with van der Waals surface area (Å²) >= 11 is 6.81. The SMILES string of the molecule is CN1C2CCC1CC(CNCc1cc(Br)c(Br)o1)C2. The van der Waals surface area contributed by atoms with E-state index in [9.17, 15) is 0 Å². The van der Waals surface area contributed by atoms with Gasteiger partial charge in [-0.05, 0) is 83.1 Å². The quantitative estimate of drug-likeness (QED) is 0.846. The molecule has 1 aromatic heterocycles. The molecule has 0 aliphatic carbocycles. The maximum atomic E-state index is 5.57. The van der Waals surface area contributed by atoms with Crippen LogP contribution in [0.2, 0.25) is 0 Å². The number of fused-ring (bicyclic) bond motifs is 2. The molecule has 0 spiro atoms. The third kappa shape index (κ3) is 3.09. The molecule has 0 amide bonds. The minimum absolute atomic E-state index is 0.779. The topological polar surface area (TPSA) is 28.4 Å². The van der Waals surface area contributed by atoms with Gasteiger partial charge in [-0.25, -0.2) is 0 Å². The molecule has 1 aromatic rings. The Morgan fingerprint density at radius 3 is 2.58 bits per heavy atom. The normalized spacial score (nSPS) is 31.0. The zero-order chi connectivity index (χ0) is 13.4. The highest BCUT2D eigenvalue weighted by molar-refractivity contribution is 9.13. The molecular weight excluding hydrogens is 372 g/mol. The highest BCUT2D eigenvalue weighted by atomic mass is 79.9. The zero-order valence-corrected chi connectivity index (χ0v) is 14.3. The molecule has 2 aliphatic rings. The van der Waals surface area contributed by atoms with E-state index in [0.717, 1.165) is 46.0 Å². The van der Waals surface area contributed by atoms with Gasteiger partial charge in [-0.2, -0.15) is 0 Å². The number of hydrogen-bond acceptors (Lipinski definition) is 3. The van der Waals surface area contributed by atoms with Crippen LogP contribution in [0.25, 0.3) is 0 Å². The van der Waals surface area contributed by atoms with Crippen molar-refractivity contribution in [3.8, 4) is 0 Å². The van der Waals surface area contributed by atoms with E-state index in [-0.39, 0.29) is 0 Å². The van der Waals surface area contributed by atoms with E-state index in [1.165, 1.54) is 25.7 Å². The van der Waals surface area contributed by atoms with Gasteiger partial charge in [0.1, 0.15) is 5.76 Å². The van der Waals surface area contributed by atoms with Gasteiger partial charge in [0.2, 0.25) is 0 Å². The van der Waals surface area contributed by atoms with Gasteiger partial charge in [0, 0.05) is 12.1 Å². The fourth-order valence-electron chi connectivity index (χ4n) is 3.57.